The molecule has 0 saturated heterocycles. The van der Waals surface area contributed by atoms with Gasteiger partial charge in [-0.15, -0.1) is 0 Å². The second kappa shape index (κ2) is 3.88. The standard InChI is InChI=1S/C15H15N3/c1-10-3-5-12-13(9-18(2)15(12)7-10)14-6-4-11(16)8-17-14/h3-9H,16H2,1-2H3. The van der Waals surface area contributed by atoms with Gasteiger partial charge >= 0.3 is 0 Å². The molecule has 0 aliphatic rings. The first-order valence-corrected chi connectivity index (χ1v) is 5.93. The molecular formula is C15H15N3. The number of rotatable bonds is 1. The summed E-state index contributed by atoms with van der Waals surface area (Å²) in [5.41, 5.74) is 11.0. The van der Waals surface area contributed by atoms with Gasteiger partial charge in [0, 0.05) is 29.7 Å². The first-order valence-electron chi connectivity index (χ1n) is 5.93. The van der Waals surface area contributed by atoms with E-state index >= 15 is 0 Å². The highest BCUT2D eigenvalue weighted by atomic mass is 14.9. The number of aryl methyl sites for hydroxylation is 2. The lowest BCUT2D eigenvalue weighted by Gasteiger charge is -2.00. The highest BCUT2D eigenvalue weighted by Crippen LogP contribution is 2.29. The molecule has 0 atom stereocenters. The average molecular weight is 237 g/mol. The van der Waals surface area contributed by atoms with Crippen LogP contribution < -0.4 is 5.73 Å². The molecular weight excluding hydrogens is 222 g/mol. The minimum absolute atomic E-state index is 0.690. The molecule has 3 rings (SSSR count). The molecule has 0 aliphatic carbocycles. The molecule has 0 unspecified atom stereocenters. The van der Waals surface area contributed by atoms with Crippen LogP contribution in [0.5, 0.6) is 0 Å². The highest BCUT2D eigenvalue weighted by molar-refractivity contribution is 5.95. The summed E-state index contributed by atoms with van der Waals surface area (Å²) in [5, 5.41) is 1.22. The molecule has 2 heterocycles. The van der Waals surface area contributed by atoms with E-state index in [-0.39, 0.29) is 0 Å². The normalized spacial score (nSPS) is 11.0. The van der Waals surface area contributed by atoms with E-state index in [4.69, 9.17) is 5.73 Å². The van der Waals surface area contributed by atoms with E-state index in [2.05, 4.69) is 47.9 Å². The number of benzene rings is 1. The Morgan fingerprint density at radius 3 is 2.72 bits per heavy atom. The quantitative estimate of drug-likeness (QED) is 0.706. The van der Waals surface area contributed by atoms with Crippen molar-refractivity contribution in [1.82, 2.24) is 9.55 Å². The lowest BCUT2D eigenvalue weighted by atomic mass is 10.1. The first kappa shape index (κ1) is 10.8. The van der Waals surface area contributed by atoms with Crippen molar-refractivity contribution in [2.75, 3.05) is 5.73 Å². The van der Waals surface area contributed by atoms with E-state index in [9.17, 15) is 0 Å². The Labute approximate surface area is 106 Å². The Hall–Kier alpha value is -2.29. The molecule has 0 saturated carbocycles. The maximum atomic E-state index is 5.67. The first-order chi connectivity index (χ1) is 8.65. The van der Waals surface area contributed by atoms with Gasteiger partial charge < -0.3 is 10.3 Å². The Bertz CT molecular complexity index is 708. The lowest BCUT2D eigenvalue weighted by Crippen LogP contribution is -1.87. The molecule has 0 amide bonds. The number of hydrogen-bond donors (Lipinski definition) is 1. The van der Waals surface area contributed by atoms with Crippen LogP contribution in [0.2, 0.25) is 0 Å². The third-order valence-electron chi connectivity index (χ3n) is 3.21. The molecule has 0 aliphatic heterocycles. The summed E-state index contributed by atoms with van der Waals surface area (Å²) in [6.07, 6.45) is 3.81. The number of nitrogens with two attached hydrogens (primary N) is 1. The zero-order valence-electron chi connectivity index (χ0n) is 10.5. The van der Waals surface area contributed by atoms with E-state index in [1.807, 2.05) is 12.1 Å². The van der Waals surface area contributed by atoms with Crippen LogP contribution in [0.15, 0.2) is 42.7 Å². The van der Waals surface area contributed by atoms with Crippen molar-refractivity contribution in [1.29, 1.82) is 0 Å². The second-order valence-corrected chi connectivity index (χ2v) is 4.65. The molecule has 0 bridgehead atoms. The molecule has 2 N–H and O–H groups in total. The van der Waals surface area contributed by atoms with Crippen molar-refractivity contribution >= 4 is 16.6 Å². The molecule has 18 heavy (non-hydrogen) atoms. The van der Waals surface area contributed by atoms with Crippen molar-refractivity contribution in [3.05, 3.63) is 48.3 Å². The molecule has 2 aromatic heterocycles. The Balaban J connectivity index is 2.26. The number of aromatic nitrogens is 2. The predicted molar refractivity (Wildman–Crippen MR) is 75.3 cm³/mol. The topological polar surface area (TPSA) is 43.8 Å². The SMILES string of the molecule is Cc1ccc2c(-c3ccc(N)cn3)cn(C)c2c1. The predicted octanol–water partition coefficient (Wildman–Crippen LogP) is 3.13. The van der Waals surface area contributed by atoms with Crippen molar-refractivity contribution in [2.24, 2.45) is 7.05 Å². The molecule has 3 aromatic rings. The fourth-order valence-corrected chi connectivity index (χ4v) is 2.26. The van der Waals surface area contributed by atoms with Gasteiger partial charge in [-0.25, -0.2) is 0 Å². The smallest absolute Gasteiger partial charge is 0.0725 e. The summed E-state index contributed by atoms with van der Waals surface area (Å²) < 4.78 is 2.13. The molecule has 0 radical (unpaired) electrons. The number of pyridine rings is 1. The van der Waals surface area contributed by atoms with E-state index in [0.29, 0.717) is 5.69 Å². The summed E-state index contributed by atoms with van der Waals surface area (Å²) in [6, 6.07) is 10.3. The molecule has 0 fully saturated rings. The van der Waals surface area contributed by atoms with Crippen LogP contribution in [-0.4, -0.2) is 9.55 Å². The fourth-order valence-electron chi connectivity index (χ4n) is 2.26. The molecule has 90 valence electrons. The number of hydrogen-bond acceptors (Lipinski definition) is 2. The summed E-state index contributed by atoms with van der Waals surface area (Å²) in [4.78, 5) is 4.40. The molecule has 1 aromatic carbocycles. The zero-order valence-corrected chi connectivity index (χ0v) is 10.5. The number of nitrogen functional groups attached to an aromatic ring is 1. The maximum absolute atomic E-state index is 5.67. The molecule has 3 heteroatoms. The fraction of sp³-hybridized carbons (Fsp3) is 0.133. The Morgan fingerprint density at radius 1 is 1.17 bits per heavy atom. The lowest BCUT2D eigenvalue weighted by molar-refractivity contribution is 0.968. The van der Waals surface area contributed by atoms with Crippen LogP contribution in [0.4, 0.5) is 5.69 Å². The van der Waals surface area contributed by atoms with Crippen LogP contribution in [0.25, 0.3) is 22.2 Å². The maximum Gasteiger partial charge on any atom is 0.0725 e. The van der Waals surface area contributed by atoms with Crippen LogP contribution in [0.1, 0.15) is 5.56 Å². The van der Waals surface area contributed by atoms with Gasteiger partial charge in [0.1, 0.15) is 0 Å². The number of fused-ring (bicyclic) bond motifs is 1. The Kier molecular flexibility index (Phi) is 2.33. The van der Waals surface area contributed by atoms with E-state index in [0.717, 1.165) is 11.3 Å². The summed E-state index contributed by atoms with van der Waals surface area (Å²) in [5.74, 6) is 0. The van der Waals surface area contributed by atoms with Gasteiger partial charge in [-0.05, 0) is 30.7 Å². The Morgan fingerprint density at radius 2 is 2.00 bits per heavy atom. The monoisotopic (exact) mass is 237 g/mol. The van der Waals surface area contributed by atoms with E-state index in [1.165, 1.54) is 16.5 Å². The van der Waals surface area contributed by atoms with Crippen LogP contribution >= 0.6 is 0 Å². The number of anilines is 1. The van der Waals surface area contributed by atoms with Crippen LogP contribution in [0, 0.1) is 6.92 Å². The summed E-state index contributed by atoms with van der Waals surface area (Å²) in [7, 11) is 2.06. The van der Waals surface area contributed by atoms with Crippen molar-refractivity contribution in [2.45, 2.75) is 6.92 Å². The largest absolute Gasteiger partial charge is 0.397 e. The van der Waals surface area contributed by atoms with Crippen molar-refractivity contribution < 1.29 is 0 Å². The van der Waals surface area contributed by atoms with Gasteiger partial charge in [-0.1, -0.05) is 12.1 Å². The minimum Gasteiger partial charge on any atom is -0.397 e. The van der Waals surface area contributed by atoms with Crippen molar-refractivity contribution in [3.63, 3.8) is 0 Å². The van der Waals surface area contributed by atoms with Crippen molar-refractivity contribution in [3.8, 4) is 11.3 Å². The second-order valence-electron chi connectivity index (χ2n) is 4.65. The van der Waals surface area contributed by atoms with Crippen LogP contribution in [-0.2, 0) is 7.05 Å². The highest BCUT2D eigenvalue weighted by Gasteiger charge is 2.09. The van der Waals surface area contributed by atoms with Gasteiger partial charge in [0.15, 0.2) is 0 Å². The summed E-state index contributed by atoms with van der Waals surface area (Å²) in [6.45, 7) is 2.10. The van der Waals surface area contributed by atoms with E-state index < -0.39 is 0 Å². The molecule has 3 nitrogen and oxygen atoms in total. The minimum atomic E-state index is 0.690. The van der Waals surface area contributed by atoms with Gasteiger partial charge in [0.25, 0.3) is 0 Å². The third-order valence-corrected chi connectivity index (χ3v) is 3.21. The van der Waals surface area contributed by atoms with Gasteiger partial charge in [0.2, 0.25) is 0 Å². The number of nitrogens with zero attached hydrogens (tertiary/aromatic N) is 2. The third kappa shape index (κ3) is 1.64. The van der Waals surface area contributed by atoms with Gasteiger partial charge in [-0.2, -0.15) is 0 Å². The van der Waals surface area contributed by atoms with Gasteiger partial charge in [0.05, 0.1) is 17.6 Å². The zero-order chi connectivity index (χ0) is 12.7. The van der Waals surface area contributed by atoms with Gasteiger partial charge in [-0.3, -0.25) is 4.98 Å². The molecule has 0 spiro atoms. The van der Waals surface area contributed by atoms with Crippen LogP contribution in [0.3, 0.4) is 0 Å². The average Bonchev–Trinajstić information content (AvgIpc) is 2.68. The van der Waals surface area contributed by atoms with E-state index in [1.54, 1.807) is 6.20 Å². The summed E-state index contributed by atoms with van der Waals surface area (Å²) >= 11 is 0.